The molecule has 0 atom stereocenters. The summed E-state index contributed by atoms with van der Waals surface area (Å²) in [6.45, 7) is 4.67. The third kappa shape index (κ3) is 2.72. The maximum absolute atomic E-state index is 6.20. The molecule has 0 unspecified atom stereocenters. The molecule has 0 aliphatic heterocycles. The molecule has 2 heterocycles. The highest BCUT2D eigenvalue weighted by Crippen LogP contribution is 2.51. The maximum atomic E-state index is 6.20. The van der Waals surface area contributed by atoms with Gasteiger partial charge in [0.25, 0.3) is 0 Å². The molecule has 0 N–H and O–H groups in total. The molecule has 162 valence electrons. The molecule has 1 aliphatic carbocycles. The molecule has 1 aliphatic rings. The molecule has 0 bridgehead atoms. The van der Waals surface area contributed by atoms with Crippen molar-refractivity contribution in [2.24, 2.45) is 0 Å². The van der Waals surface area contributed by atoms with Gasteiger partial charge in [0, 0.05) is 28.6 Å². The molecule has 2 heteroatoms. The van der Waals surface area contributed by atoms with Crippen molar-refractivity contribution >= 4 is 21.9 Å². The number of pyridine rings is 1. The zero-order chi connectivity index (χ0) is 22.9. The smallest absolute Gasteiger partial charge is 0.136 e. The van der Waals surface area contributed by atoms with Crippen LogP contribution in [0.4, 0.5) is 0 Å². The van der Waals surface area contributed by atoms with E-state index in [4.69, 9.17) is 4.42 Å². The van der Waals surface area contributed by atoms with Crippen LogP contribution < -0.4 is 0 Å². The Bertz CT molecular complexity index is 1710. The highest BCUT2D eigenvalue weighted by atomic mass is 16.3. The summed E-state index contributed by atoms with van der Waals surface area (Å²) in [5.41, 5.74) is 11.9. The number of furan rings is 1. The van der Waals surface area contributed by atoms with Crippen LogP contribution in [-0.2, 0) is 5.41 Å². The van der Waals surface area contributed by atoms with E-state index in [1.807, 2.05) is 30.6 Å². The number of hydrogen-bond donors (Lipinski definition) is 0. The Morgan fingerprint density at radius 2 is 1.32 bits per heavy atom. The van der Waals surface area contributed by atoms with Crippen LogP contribution >= 0.6 is 0 Å². The summed E-state index contributed by atoms with van der Waals surface area (Å²) < 4.78 is 6.20. The summed E-state index contributed by atoms with van der Waals surface area (Å²) >= 11 is 0. The number of para-hydroxylation sites is 1. The summed E-state index contributed by atoms with van der Waals surface area (Å²) in [5, 5.41) is 2.38. The SMILES string of the molecule is CC1(C)c2cc(-c3ccc(-c4cccnc4)cc3)ccc2-c2cc3oc4ccccc4c3cc21. The highest BCUT2D eigenvalue weighted by Gasteiger charge is 2.36. The molecule has 4 aromatic carbocycles. The maximum Gasteiger partial charge on any atom is 0.136 e. The fourth-order valence-corrected chi connectivity index (χ4v) is 5.52. The predicted octanol–water partition coefficient (Wildman–Crippen LogP) is 8.62. The molecule has 2 aromatic heterocycles. The summed E-state index contributed by atoms with van der Waals surface area (Å²) in [7, 11) is 0. The normalized spacial score (nSPS) is 13.8. The number of rotatable bonds is 2. The lowest BCUT2D eigenvalue weighted by molar-refractivity contribution is 0.658. The average molecular weight is 438 g/mol. The molecule has 0 radical (unpaired) electrons. The topological polar surface area (TPSA) is 26.0 Å². The van der Waals surface area contributed by atoms with Crippen molar-refractivity contribution in [3.05, 3.63) is 115 Å². The van der Waals surface area contributed by atoms with Crippen molar-refractivity contribution in [3.63, 3.8) is 0 Å². The van der Waals surface area contributed by atoms with Gasteiger partial charge in [0.15, 0.2) is 0 Å². The number of aromatic nitrogens is 1. The molecule has 6 aromatic rings. The standard InChI is InChI=1S/C32H23NO/c1-32(2)28-16-22(20-9-11-21(12-10-20)23-6-5-15-33-19-23)13-14-24(28)26-18-31-27(17-29(26)32)25-7-3-4-8-30(25)34-31/h3-19H,1-2H3. The van der Waals surface area contributed by atoms with Crippen molar-refractivity contribution in [3.8, 4) is 33.4 Å². The fourth-order valence-electron chi connectivity index (χ4n) is 5.52. The molecule has 7 rings (SSSR count). The van der Waals surface area contributed by atoms with Crippen molar-refractivity contribution in [1.29, 1.82) is 0 Å². The molecule has 0 fully saturated rings. The van der Waals surface area contributed by atoms with Crippen LogP contribution in [0, 0.1) is 0 Å². The number of benzene rings is 4. The van der Waals surface area contributed by atoms with Gasteiger partial charge in [-0.2, -0.15) is 0 Å². The molecular weight excluding hydrogens is 414 g/mol. The monoisotopic (exact) mass is 437 g/mol. The third-order valence-electron chi connectivity index (χ3n) is 7.39. The summed E-state index contributed by atoms with van der Waals surface area (Å²) in [4.78, 5) is 4.24. The predicted molar refractivity (Wildman–Crippen MR) is 140 cm³/mol. The van der Waals surface area contributed by atoms with Crippen LogP contribution in [0.25, 0.3) is 55.3 Å². The minimum Gasteiger partial charge on any atom is -0.456 e. The molecular formula is C32H23NO. The lowest BCUT2D eigenvalue weighted by Gasteiger charge is -2.22. The van der Waals surface area contributed by atoms with E-state index in [-0.39, 0.29) is 5.41 Å². The van der Waals surface area contributed by atoms with Crippen LogP contribution in [0.15, 0.2) is 108 Å². The summed E-state index contributed by atoms with van der Waals surface area (Å²) in [6.07, 6.45) is 3.71. The van der Waals surface area contributed by atoms with E-state index in [1.54, 1.807) is 0 Å². The van der Waals surface area contributed by atoms with Gasteiger partial charge in [-0.05, 0) is 74.8 Å². The average Bonchev–Trinajstić information content (AvgIpc) is 3.35. The van der Waals surface area contributed by atoms with Crippen LogP contribution in [-0.4, -0.2) is 4.98 Å². The molecule has 0 saturated carbocycles. The Morgan fingerprint density at radius 3 is 2.12 bits per heavy atom. The van der Waals surface area contributed by atoms with E-state index < -0.39 is 0 Å². The second kappa shape index (κ2) is 6.91. The number of hydrogen-bond acceptors (Lipinski definition) is 2. The Hall–Kier alpha value is -4.17. The van der Waals surface area contributed by atoms with Gasteiger partial charge in [-0.15, -0.1) is 0 Å². The first-order valence-corrected chi connectivity index (χ1v) is 11.7. The van der Waals surface area contributed by atoms with Crippen molar-refractivity contribution in [2.75, 3.05) is 0 Å². The van der Waals surface area contributed by atoms with Crippen LogP contribution in [0.1, 0.15) is 25.0 Å². The zero-order valence-electron chi connectivity index (χ0n) is 19.2. The van der Waals surface area contributed by atoms with Gasteiger partial charge < -0.3 is 4.42 Å². The van der Waals surface area contributed by atoms with Gasteiger partial charge in [0.05, 0.1) is 0 Å². The van der Waals surface area contributed by atoms with Gasteiger partial charge >= 0.3 is 0 Å². The van der Waals surface area contributed by atoms with Crippen LogP contribution in [0.2, 0.25) is 0 Å². The van der Waals surface area contributed by atoms with E-state index >= 15 is 0 Å². The molecule has 2 nitrogen and oxygen atoms in total. The second-order valence-electron chi connectivity index (χ2n) is 9.70. The van der Waals surface area contributed by atoms with E-state index in [1.165, 1.54) is 49.7 Å². The quantitative estimate of drug-likeness (QED) is 0.271. The minimum atomic E-state index is -0.0805. The van der Waals surface area contributed by atoms with Gasteiger partial charge in [-0.1, -0.05) is 74.5 Å². The Morgan fingerprint density at radius 1 is 0.588 bits per heavy atom. The second-order valence-corrected chi connectivity index (χ2v) is 9.70. The number of nitrogens with zero attached hydrogens (tertiary/aromatic N) is 1. The van der Waals surface area contributed by atoms with Crippen LogP contribution in [0.3, 0.4) is 0 Å². The first-order valence-electron chi connectivity index (χ1n) is 11.7. The lowest BCUT2D eigenvalue weighted by atomic mass is 9.81. The number of fused-ring (bicyclic) bond motifs is 6. The van der Waals surface area contributed by atoms with Gasteiger partial charge in [0.1, 0.15) is 11.2 Å². The molecule has 0 amide bonds. The van der Waals surface area contributed by atoms with E-state index in [2.05, 4.69) is 91.6 Å². The Kier molecular flexibility index (Phi) is 3.93. The Balaban J connectivity index is 1.34. The van der Waals surface area contributed by atoms with Gasteiger partial charge in [-0.3, -0.25) is 4.98 Å². The van der Waals surface area contributed by atoms with E-state index in [0.717, 1.165) is 16.7 Å². The first-order chi connectivity index (χ1) is 16.6. The van der Waals surface area contributed by atoms with Crippen molar-refractivity contribution < 1.29 is 4.42 Å². The lowest BCUT2D eigenvalue weighted by Crippen LogP contribution is -2.15. The van der Waals surface area contributed by atoms with Gasteiger partial charge in [0.2, 0.25) is 0 Å². The minimum absolute atomic E-state index is 0.0805. The van der Waals surface area contributed by atoms with Gasteiger partial charge in [-0.25, -0.2) is 0 Å². The van der Waals surface area contributed by atoms with E-state index in [0.29, 0.717) is 0 Å². The van der Waals surface area contributed by atoms with Crippen molar-refractivity contribution in [2.45, 2.75) is 19.3 Å². The zero-order valence-corrected chi connectivity index (χ0v) is 19.2. The first kappa shape index (κ1) is 19.3. The van der Waals surface area contributed by atoms with Crippen molar-refractivity contribution in [1.82, 2.24) is 4.98 Å². The Labute approximate surface area is 198 Å². The summed E-state index contributed by atoms with van der Waals surface area (Å²) in [6, 6.07) is 32.6. The molecule has 34 heavy (non-hydrogen) atoms. The highest BCUT2D eigenvalue weighted by molar-refractivity contribution is 6.07. The molecule has 0 spiro atoms. The third-order valence-corrected chi connectivity index (χ3v) is 7.39. The van der Waals surface area contributed by atoms with E-state index in [9.17, 15) is 0 Å². The molecule has 0 saturated heterocycles. The summed E-state index contributed by atoms with van der Waals surface area (Å²) in [5.74, 6) is 0. The largest absolute Gasteiger partial charge is 0.456 e. The van der Waals surface area contributed by atoms with Crippen LogP contribution in [0.5, 0.6) is 0 Å². The fraction of sp³-hybridized carbons (Fsp3) is 0.0938.